The summed E-state index contributed by atoms with van der Waals surface area (Å²) >= 11 is 2.25. The van der Waals surface area contributed by atoms with Crippen LogP contribution in [-0.4, -0.2) is 16.8 Å². The van der Waals surface area contributed by atoms with Gasteiger partial charge in [-0.1, -0.05) is 30.3 Å². The van der Waals surface area contributed by atoms with Crippen molar-refractivity contribution in [3.05, 3.63) is 108 Å². The molecule has 0 saturated heterocycles. The van der Waals surface area contributed by atoms with E-state index in [-0.39, 0.29) is 17.3 Å². The summed E-state index contributed by atoms with van der Waals surface area (Å²) in [5, 5.41) is 11.0. The average molecular weight is 540 g/mol. The van der Waals surface area contributed by atoms with Crippen molar-refractivity contribution in [2.24, 2.45) is 4.99 Å². The maximum Gasteiger partial charge on any atom is 0.363 e. The highest BCUT2D eigenvalue weighted by atomic mass is 127. The van der Waals surface area contributed by atoms with Crippen LogP contribution in [0.15, 0.2) is 77.4 Å². The number of hydrogen-bond acceptors (Lipinski definition) is 6. The standard InChI is InChI=1S/C24H17IN2O5/c1-15-12-18(8-11-21(15)27(29)30)23-26-20(24(28)32-23)13-17-4-2-3-5-22(17)31-14-16-6-9-19(25)10-7-16/h2-13H,14H2,1H3/b20-13-. The van der Waals surface area contributed by atoms with Crippen molar-refractivity contribution in [2.75, 3.05) is 0 Å². The third-order valence-electron chi connectivity index (χ3n) is 4.78. The summed E-state index contributed by atoms with van der Waals surface area (Å²) in [6, 6.07) is 19.8. The molecule has 7 nitrogen and oxygen atoms in total. The average Bonchev–Trinajstić information content (AvgIpc) is 3.14. The number of nitrogens with zero attached hydrogens (tertiary/aromatic N) is 2. The molecule has 0 N–H and O–H groups in total. The SMILES string of the molecule is Cc1cc(C2=N/C(=C\c3ccccc3OCc3ccc(I)cc3)C(=O)O2)ccc1[N+](=O)[O-]. The molecule has 0 radical (unpaired) electrons. The van der Waals surface area contributed by atoms with E-state index in [9.17, 15) is 14.9 Å². The molecule has 0 amide bonds. The first-order valence-electron chi connectivity index (χ1n) is 9.65. The minimum Gasteiger partial charge on any atom is -0.488 e. The van der Waals surface area contributed by atoms with Crippen molar-refractivity contribution >= 4 is 46.2 Å². The second kappa shape index (κ2) is 9.31. The van der Waals surface area contributed by atoms with Crippen LogP contribution in [0.1, 0.15) is 22.3 Å². The molecule has 0 spiro atoms. The first-order valence-corrected chi connectivity index (χ1v) is 10.7. The maximum absolute atomic E-state index is 12.4. The molecule has 1 aliphatic heterocycles. The highest BCUT2D eigenvalue weighted by Gasteiger charge is 2.25. The molecule has 3 aromatic rings. The lowest BCUT2D eigenvalue weighted by Crippen LogP contribution is -2.06. The Labute approximate surface area is 197 Å². The topological polar surface area (TPSA) is 91.0 Å². The molecule has 1 aliphatic rings. The molecule has 0 saturated carbocycles. The van der Waals surface area contributed by atoms with Crippen LogP contribution in [0.25, 0.3) is 6.08 Å². The lowest BCUT2D eigenvalue weighted by atomic mass is 10.1. The number of para-hydroxylation sites is 1. The van der Waals surface area contributed by atoms with Gasteiger partial charge in [-0.25, -0.2) is 9.79 Å². The monoisotopic (exact) mass is 540 g/mol. The van der Waals surface area contributed by atoms with Gasteiger partial charge in [-0.2, -0.15) is 0 Å². The summed E-state index contributed by atoms with van der Waals surface area (Å²) in [5.74, 6) is 0.126. The molecule has 32 heavy (non-hydrogen) atoms. The summed E-state index contributed by atoms with van der Waals surface area (Å²) in [7, 11) is 0. The van der Waals surface area contributed by atoms with E-state index in [1.807, 2.05) is 48.5 Å². The molecule has 3 aromatic carbocycles. The summed E-state index contributed by atoms with van der Waals surface area (Å²) in [4.78, 5) is 27.3. The molecule has 8 heteroatoms. The summed E-state index contributed by atoms with van der Waals surface area (Å²) < 4.78 is 12.4. The van der Waals surface area contributed by atoms with E-state index in [1.54, 1.807) is 19.1 Å². The number of ether oxygens (including phenoxy) is 2. The number of nitro benzene ring substituents is 1. The Kier molecular flexibility index (Phi) is 6.31. The van der Waals surface area contributed by atoms with Gasteiger partial charge < -0.3 is 9.47 Å². The zero-order valence-electron chi connectivity index (χ0n) is 16.9. The quantitative estimate of drug-likeness (QED) is 0.137. The number of benzene rings is 3. The van der Waals surface area contributed by atoms with Crippen molar-refractivity contribution in [1.82, 2.24) is 0 Å². The van der Waals surface area contributed by atoms with Gasteiger partial charge in [0.15, 0.2) is 5.70 Å². The van der Waals surface area contributed by atoms with Gasteiger partial charge in [-0.05, 0) is 71.5 Å². The lowest BCUT2D eigenvalue weighted by molar-refractivity contribution is -0.385. The van der Waals surface area contributed by atoms with Gasteiger partial charge in [0, 0.05) is 26.3 Å². The maximum atomic E-state index is 12.4. The van der Waals surface area contributed by atoms with E-state index in [2.05, 4.69) is 27.6 Å². The number of cyclic esters (lactones) is 1. The predicted molar refractivity (Wildman–Crippen MR) is 128 cm³/mol. The van der Waals surface area contributed by atoms with Crippen LogP contribution < -0.4 is 4.74 Å². The van der Waals surface area contributed by atoms with Gasteiger partial charge in [0.1, 0.15) is 12.4 Å². The summed E-state index contributed by atoms with van der Waals surface area (Å²) in [6.45, 7) is 2.01. The van der Waals surface area contributed by atoms with E-state index < -0.39 is 10.9 Å². The molecule has 4 rings (SSSR count). The highest BCUT2D eigenvalue weighted by molar-refractivity contribution is 14.1. The van der Waals surface area contributed by atoms with E-state index in [0.717, 1.165) is 9.13 Å². The van der Waals surface area contributed by atoms with Gasteiger partial charge in [0.2, 0.25) is 5.90 Å². The predicted octanol–water partition coefficient (Wildman–Crippen LogP) is 5.43. The van der Waals surface area contributed by atoms with Crippen molar-refractivity contribution in [2.45, 2.75) is 13.5 Å². The van der Waals surface area contributed by atoms with Crippen LogP contribution in [0.2, 0.25) is 0 Å². The fourth-order valence-corrected chi connectivity index (χ4v) is 3.51. The first-order chi connectivity index (χ1) is 15.4. The fourth-order valence-electron chi connectivity index (χ4n) is 3.15. The zero-order chi connectivity index (χ0) is 22.7. The van der Waals surface area contributed by atoms with E-state index in [4.69, 9.17) is 9.47 Å². The molecule has 1 heterocycles. The number of hydrogen-bond donors (Lipinski definition) is 0. The van der Waals surface area contributed by atoms with Gasteiger partial charge in [0.05, 0.1) is 4.92 Å². The molecule has 0 fully saturated rings. The normalized spacial score (nSPS) is 14.2. The first kappa shape index (κ1) is 21.7. The van der Waals surface area contributed by atoms with Crippen LogP contribution >= 0.6 is 22.6 Å². The number of nitro groups is 1. The molecular weight excluding hydrogens is 523 g/mol. The van der Waals surface area contributed by atoms with Crippen molar-refractivity contribution in [3.63, 3.8) is 0 Å². The summed E-state index contributed by atoms with van der Waals surface area (Å²) in [5.41, 5.74) is 2.79. The zero-order valence-corrected chi connectivity index (χ0v) is 19.1. The molecule has 0 aromatic heterocycles. The number of aliphatic imine (C=N–C) groups is 1. The molecular formula is C24H17IN2O5. The molecule has 0 unspecified atom stereocenters. The van der Waals surface area contributed by atoms with Gasteiger partial charge in [-0.3, -0.25) is 10.1 Å². The highest BCUT2D eigenvalue weighted by Crippen LogP contribution is 2.27. The van der Waals surface area contributed by atoms with Crippen LogP contribution in [-0.2, 0) is 16.1 Å². The smallest absolute Gasteiger partial charge is 0.363 e. The van der Waals surface area contributed by atoms with E-state index >= 15 is 0 Å². The molecule has 0 bridgehead atoms. The Hall–Kier alpha value is -3.53. The Bertz CT molecular complexity index is 1270. The van der Waals surface area contributed by atoms with Crippen molar-refractivity contribution in [1.29, 1.82) is 0 Å². The number of esters is 1. The van der Waals surface area contributed by atoms with E-state index in [1.165, 1.54) is 12.1 Å². The minimum atomic E-state index is -0.594. The van der Waals surface area contributed by atoms with E-state index in [0.29, 0.717) is 29.0 Å². The number of carbonyl (C=O) groups excluding carboxylic acids is 1. The molecule has 0 atom stereocenters. The second-order valence-electron chi connectivity index (χ2n) is 7.05. The van der Waals surface area contributed by atoms with Crippen LogP contribution in [0, 0.1) is 20.6 Å². The van der Waals surface area contributed by atoms with Crippen molar-refractivity contribution < 1.29 is 19.2 Å². The largest absolute Gasteiger partial charge is 0.488 e. The Morgan fingerprint density at radius 1 is 1.12 bits per heavy atom. The third-order valence-corrected chi connectivity index (χ3v) is 5.50. The minimum absolute atomic E-state index is 0.00589. The fraction of sp³-hybridized carbons (Fsp3) is 0.0833. The van der Waals surface area contributed by atoms with Gasteiger partial charge in [-0.15, -0.1) is 0 Å². The number of carbonyl (C=O) groups is 1. The number of aryl methyl sites for hydroxylation is 1. The Morgan fingerprint density at radius 2 is 1.88 bits per heavy atom. The lowest BCUT2D eigenvalue weighted by Gasteiger charge is -2.09. The number of rotatable bonds is 6. The summed E-state index contributed by atoms with van der Waals surface area (Å²) in [6.07, 6.45) is 1.61. The van der Waals surface area contributed by atoms with Crippen LogP contribution in [0.3, 0.4) is 0 Å². The Morgan fingerprint density at radius 3 is 2.59 bits per heavy atom. The van der Waals surface area contributed by atoms with Crippen molar-refractivity contribution in [3.8, 4) is 5.75 Å². The van der Waals surface area contributed by atoms with Crippen LogP contribution in [0.4, 0.5) is 5.69 Å². The third kappa shape index (κ3) is 4.86. The second-order valence-corrected chi connectivity index (χ2v) is 8.29. The van der Waals surface area contributed by atoms with Gasteiger partial charge >= 0.3 is 5.97 Å². The van der Waals surface area contributed by atoms with Crippen LogP contribution in [0.5, 0.6) is 5.75 Å². The number of halogens is 1. The Balaban J connectivity index is 1.58. The molecule has 160 valence electrons. The van der Waals surface area contributed by atoms with Gasteiger partial charge in [0.25, 0.3) is 5.69 Å². The molecule has 0 aliphatic carbocycles.